The number of thiazole rings is 1. The third-order valence-electron chi connectivity index (χ3n) is 2.44. The zero-order valence-corrected chi connectivity index (χ0v) is 11.9. The molecule has 7 heteroatoms. The first-order chi connectivity index (χ1) is 8.49. The van der Waals surface area contributed by atoms with Crippen molar-refractivity contribution in [1.82, 2.24) is 9.71 Å². The van der Waals surface area contributed by atoms with E-state index in [1.54, 1.807) is 0 Å². The highest BCUT2D eigenvalue weighted by Crippen LogP contribution is 2.22. The zero-order chi connectivity index (χ0) is 13.2. The van der Waals surface area contributed by atoms with Crippen molar-refractivity contribution in [2.75, 3.05) is 0 Å². The van der Waals surface area contributed by atoms with Gasteiger partial charge in [-0.1, -0.05) is 47.2 Å². The molecule has 0 aliphatic carbocycles. The normalized spacial score (nSPS) is 11.7. The van der Waals surface area contributed by atoms with Crippen LogP contribution in [0.2, 0.25) is 4.47 Å². The number of aryl methyl sites for hydroxylation is 1. The van der Waals surface area contributed by atoms with E-state index in [9.17, 15) is 8.42 Å². The van der Waals surface area contributed by atoms with Gasteiger partial charge in [-0.05, 0) is 18.1 Å². The Hall–Kier alpha value is -0.950. The fraction of sp³-hybridized carbons (Fsp3) is 0.182. The maximum atomic E-state index is 11.9. The average molecular weight is 303 g/mol. The van der Waals surface area contributed by atoms with E-state index in [2.05, 4.69) is 9.71 Å². The summed E-state index contributed by atoms with van der Waals surface area (Å²) in [5, 5.41) is 0. The molecule has 1 aromatic carbocycles. The molecule has 2 rings (SSSR count). The summed E-state index contributed by atoms with van der Waals surface area (Å²) >= 11 is 6.56. The highest BCUT2D eigenvalue weighted by molar-refractivity contribution is 7.91. The predicted octanol–water partition coefficient (Wildman–Crippen LogP) is 2.58. The molecule has 0 saturated heterocycles. The molecule has 0 aliphatic rings. The Labute approximate surface area is 115 Å². The Morgan fingerprint density at radius 1 is 1.39 bits per heavy atom. The van der Waals surface area contributed by atoms with Gasteiger partial charge in [-0.2, -0.15) is 0 Å². The van der Waals surface area contributed by atoms with Crippen LogP contribution in [0, 0.1) is 6.92 Å². The van der Waals surface area contributed by atoms with E-state index in [0.29, 0.717) is 0 Å². The highest BCUT2D eigenvalue weighted by atomic mass is 35.5. The summed E-state index contributed by atoms with van der Waals surface area (Å²) in [5.74, 6) is 0. The van der Waals surface area contributed by atoms with Crippen LogP contribution in [0.15, 0.2) is 34.7 Å². The van der Waals surface area contributed by atoms with Crippen LogP contribution in [-0.2, 0) is 16.6 Å². The Kier molecular flexibility index (Phi) is 4.01. The maximum Gasteiger partial charge on any atom is 0.252 e. The van der Waals surface area contributed by atoms with E-state index in [-0.39, 0.29) is 15.2 Å². The molecular formula is C11H11ClN2O2S2. The second kappa shape index (κ2) is 5.36. The van der Waals surface area contributed by atoms with E-state index in [4.69, 9.17) is 11.6 Å². The topological polar surface area (TPSA) is 59.1 Å². The molecule has 0 unspecified atom stereocenters. The van der Waals surface area contributed by atoms with Crippen molar-refractivity contribution >= 4 is 33.0 Å². The predicted molar refractivity (Wildman–Crippen MR) is 72.3 cm³/mol. The van der Waals surface area contributed by atoms with Gasteiger partial charge in [0.2, 0.25) is 0 Å². The summed E-state index contributed by atoms with van der Waals surface area (Å²) in [5.41, 5.74) is 1.99. The van der Waals surface area contributed by atoms with E-state index in [1.165, 1.54) is 6.20 Å². The number of hydrogen-bond donors (Lipinski definition) is 1. The number of nitrogens with zero attached hydrogens (tertiary/aromatic N) is 1. The minimum atomic E-state index is -3.53. The molecule has 0 fully saturated rings. The number of sulfonamides is 1. The molecule has 2 aromatic rings. The summed E-state index contributed by atoms with van der Waals surface area (Å²) in [6.45, 7) is 2.19. The second-order valence-corrected chi connectivity index (χ2v) is 7.29. The highest BCUT2D eigenvalue weighted by Gasteiger charge is 2.17. The SMILES string of the molecule is Cc1ccccc1CNS(=O)(=O)c1cnc(Cl)s1. The van der Waals surface area contributed by atoms with Gasteiger partial charge in [0, 0.05) is 6.54 Å². The van der Waals surface area contributed by atoms with Gasteiger partial charge >= 0.3 is 0 Å². The van der Waals surface area contributed by atoms with Gasteiger partial charge in [-0.25, -0.2) is 18.1 Å². The van der Waals surface area contributed by atoms with Crippen molar-refractivity contribution in [2.24, 2.45) is 0 Å². The van der Waals surface area contributed by atoms with Gasteiger partial charge in [0.1, 0.15) is 0 Å². The van der Waals surface area contributed by atoms with E-state index in [0.717, 1.165) is 22.5 Å². The molecule has 0 amide bonds. The number of rotatable bonds is 4. The van der Waals surface area contributed by atoms with Crippen LogP contribution in [-0.4, -0.2) is 13.4 Å². The number of hydrogen-bond acceptors (Lipinski definition) is 4. The van der Waals surface area contributed by atoms with Gasteiger partial charge in [0.25, 0.3) is 10.0 Å². The summed E-state index contributed by atoms with van der Waals surface area (Å²) in [7, 11) is -3.53. The van der Waals surface area contributed by atoms with Gasteiger partial charge in [0.15, 0.2) is 8.68 Å². The zero-order valence-electron chi connectivity index (χ0n) is 9.55. The van der Waals surface area contributed by atoms with E-state index >= 15 is 0 Å². The molecule has 4 nitrogen and oxygen atoms in total. The largest absolute Gasteiger partial charge is 0.252 e. The minimum Gasteiger partial charge on any atom is -0.232 e. The van der Waals surface area contributed by atoms with Crippen molar-refractivity contribution in [3.05, 3.63) is 46.1 Å². The summed E-state index contributed by atoms with van der Waals surface area (Å²) in [6, 6.07) is 7.61. The van der Waals surface area contributed by atoms with Crippen LogP contribution in [0.3, 0.4) is 0 Å². The molecule has 96 valence electrons. The fourth-order valence-corrected chi connectivity index (χ4v) is 3.76. The smallest absolute Gasteiger partial charge is 0.232 e. The van der Waals surface area contributed by atoms with Crippen molar-refractivity contribution in [2.45, 2.75) is 17.7 Å². The molecule has 0 bridgehead atoms. The van der Waals surface area contributed by atoms with Crippen molar-refractivity contribution in [1.29, 1.82) is 0 Å². The van der Waals surface area contributed by atoms with Gasteiger partial charge < -0.3 is 0 Å². The quantitative estimate of drug-likeness (QED) is 0.944. The van der Waals surface area contributed by atoms with Crippen LogP contribution in [0.1, 0.15) is 11.1 Å². The molecule has 0 spiro atoms. The Morgan fingerprint density at radius 3 is 2.72 bits per heavy atom. The van der Waals surface area contributed by atoms with Crippen LogP contribution >= 0.6 is 22.9 Å². The third-order valence-corrected chi connectivity index (χ3v) is 5.41. The molecular weight excluding hydrogens is 292 g/mol. The second-order valence-electron chi connectivity index (χ2n) is 3.68. The molecule has 0 saturated carbocycles. The lowest BCUT2D eigenvalue weighted by atomic mass is 10.1. The number of nitrogens with one attached hydrogen (secondary N) is 1. The average Bonchev–Trinajstić information content (AvgIpc) is 2.76. The van der Waals surface area contributed by atoms with Crippen LogP contribution < -0.4 is 4.72 Å². The van der Waals surface area contributed by atoms with Crippen molar-refractivity contribution in [3.8, 4) is 0 Å². The van der Waals surface area contributed by atoms with Gasteiger partial charge in [0.05, 0.1) is 6.20 Å². The standard InChI is InChI=1S/C11H11ClN2O2S2/c1-8-4-2-3-5-9(8)6-14-18(15,16)10-7-13-11(12)17-10/h2-5,7,14H,6H2,1H3. The molecule has 18 heavy (non-hydrogen) atoms. The van der Waals surface area contributed by atoms with Crippen molar-refractivity contribution in [3.63, 3.8) is 0 Å². The summed E-state index contributed by atoms with van der Waals surface area (Å²) in [4.78, 5) is 3.72. The molecule has 0 radical (unpaired) electrons. The summed E-state index contributed by atoms with van der Waals surface area (Å²) in [6.07, 6.45) is 1.26. The molecule has 1 aromatic heterocycles. The first kappa shape index (κ1) is 13.5. The molecule has 1 N–H and O–H groups in total. The third kappa shape index (κ3) is 3.08. The number of aromatic nitrogens is 1. The Balaban J connectivity index is 2.13. The monoisotopic (exact) mass is 302 g/mol. The van der Waals surface area contributed by atoms with Gasteiger partial charge in [-0.3, -0.25) is 0 Å². The fourth-order valence-electron chi connectivity index (χ4n) is 1.42. The lowest BCUT2D eigenvalue weighted by molar-refractivity contribution is 0.583. The minimum absolute atomic E-state index is 0.126. The first-order valence-electron chi connectivity index (χ1n) is 5.14. The number of halogens is 1. The Morgan fingerprint density at radius 2 is 2.11 bits per heavy atom. The molecule has 0 aliphatic heterocycles. The van der Waals surface area contributed by atoms with E-state index < -0.39 is 10.0 Å². The molecule has 1 heterocycles. The molecule has 0 atom stereocenters. The lowest BCUT2D eigenvalue weighted by Crippen LogP contribution is -2.22. The lowest BCUT2D eigenvalue weighted by Gasteiger charge is -2.06. The van der Waals surface area contributed by atoms with Crippen LogP contribution in [0.5, 0.6) is 0 Å². The first-order valence-corrected chi connectivity index (χ1v) is 7.82. The summed E-state index contributed by atoms with van der Waals surface area (Å²) < 4.78 is 26.7. The maximum absolute atomic E-state index is 11.9. The van der Waals surface area contributed by atoms with Gasteiger partial charge in [-0.15, -0.1) is 0 Å². The Bertz CT molecular complexity index is 653. The van der Waals surface area contributed by atoms with E-state index in [1.807, 2.05) is 31.2 Å². The van der Waals surface area contributed by atoms with Crippen LogP contribution in [0.25, 0.3) is 0 Å². The van der Waals surface area contributed by atoms with Crippen LogP contribution in [0.4, 0.5) is 0 Å². The van der Waals surface area contributed by atoms with Crippen molar-refractivity contribution < 1.29 is 8.42 Å². The number of benzene rings is 1.